The molecule has 0 bridgehead atoms. The molecule has 2 heterocycles. The number of nitrogens with zero attached hydrogens (tertiary/aromatic N) is 5. The Morgan fingerprint density at radius 2 is 1.90 bits per heavy atom. The van der Waals surface area contributed by atoms with Crippen molar-refractivity contribution in [3.63, 3.8) is 0 Å². The Bertz CT molecular complexity index is 1090. The lowest BCUT2D eigenvalue weighted by atomic mass is 9.78. The van der Waals surface area contributed by atoms with Crippen molar-refractivity contribution in [3.8, 4) is 11.4 Å². The number of rotatable bonds is 6. The van der Waals surface area contributed by atoms with Crippen molar-refractivity contribution in [3.05, 3.63) is 84.2 Å². The molecular weight excluding hydrogens is 414 g/mol. The largest absolute Gasteiger partial charge is 0.382 e. The van der Waals surface area contributed by atoms with Crippen LogP contribution in [0.25, 0.3) is 11.4 Å². The van der Waals surface area contributed by atoms with Crippen molar-refractivity contribution in [2.24, 2.45) is 0 Å². The van der Waals surface area contributed by atoms with Crippen LogP contribution < -0.4 is 0 Å². The van der Waals surface area contributed by atoms with Gasteiger partial charge in [0.2, 0.25) is 0 Å². The number of hydrogen-bond donors (Lipinski definition) is 2. The molecular formula is C20H19ClF2N6O. The second-order valence-corrected chi connectivity index (χ2v) is 6.82. The van der Waals surface area contributed by atoms with E-state index in [1.54, 1.807) is 6.92 Å². The fourth-order valence-corrected chi connectivity index (χ4v) is 3.41. The van der Waals surface area contributed by atoms with E-state index in [1.807, 2.05) is 24.3 Å². The Morgan fingerprint density at radius 3 is 2.50 bits per heavy atom. The van der Waals surface area contributed by atoms with Crippen LogP contribution in [0.5, 0.6) is 0 Å². The highest BCUT2D eigenvalue weighted by Gasteiger charge is 2.40. The summed E-state index contributed by atoms with van der Waals surface area (Å²) in [4.78, 5) is 7.99. The van der Waals surface area contributed by atoms with E-state index in [1.165, 1.54) is 29.7 Å². The van der Waals surface area contributed by atoms with Crippen LogP contribution in [0.15, 0.2) is 61.4 Å². The molecule has 2 aromatic carbocycles. The first-order chi connectivity index (χ1) is 14.0. The summed E-state index contributed by atoms with van der Waals surface area (Å²) in [5.74, 6) is -1.46. The molecule has 7 nitrogen and oxygen atoms in total. The fourth-order valence-electron chi connectivity index (χ4n) is 3.41. The van der Waals surface area contributed by atoms with Crippen molar-refractivity contribution < 1.29 is 13.9 Å². The summed E-state index contributed by atoms with van der Waals surface area (Å²) in [6.45, 7) is 1.73. The lowest BCUT2D eigenvalue weighted by Crippen LogP contribution is -2.38. The van der Waals surface area contributed by atoms with Gasteiger partial charge in [-0.1, -0.05) is 37.3 Å². The molecule has 0 aliphatic rings. The predicted octanol–water partition coefficient (Wildman–Crippen LogP) is 3.45. The van der Waals surface area contributed by atoms with Crippen LogP contribution in [0, 0.1) is 11.6 Å². The minimum Gasteiger partial charge on any atom is -0.382 e. The van der Waals surface area contributed by atoms with Crippen LogP contribution in [-0.4, -0.2) is 35.1 Å². The van der Waals surface area contributed by atoms with Gasteiger partial charge in [-0.15, -0.1) is 12.4 Å². The van der Waals surface area contributed by atoms with Gasteiger partial charge in [-0.25, -0.2) is 23.4 Å². The smallest absolute Gasteiger partial charge is 0.155 e. The Hall–Kier alpha value is -3.17. The Labute approximate surface area is 177 Å². The normalized spacial score (nSPS) is 14.0. The van der Waals surface area contributed by atoms with E-state index in [0.29, 0.717) is 5.82 Å². The highest BCUT2D eigenvalue weighted by Crippen LogP contribution is 2.40. The zero-order chi connectivity index (χ0) is 20.4. The van der Waals surface area contributed by atoms with Crippen molar-refractivity contribution in [1.29, 1.82) is 0 Å². The molecule has 0 spiro atoms. The summed E-state index contributed by atoms with van der Waals surface area (Å²) in [5.41, 5.74) is -0.119. The zero-order valence-corrected chi connectivity index (χ0v) is 16.7. The minimum atomic E-state index is -1.70. The third kappa shape index (κ3) is 4.07. The average Bonchev–Trinajstić information content (AvgIpc) is 3.41. The van der Waals surface area contributed by atoms with Gasteiger partial charge >= 0.3 is 0 Å². The van der Waals surface area contributed by atoms with E-state index in [4.69, 9.17) is 0 Å². The number of benzene rings is 2. The van der Waals surface area contributed by atoms with Crippen LogP contribution in [0.3, 0.4) is 0 Å². The van der Waals surface area contributed by atoms with Gasteiger partial charge in [0.05, 0.1) is 6.54 Å². The second kappa shape index (κ2) is 8.68. The molecule has 0 saturated carbocycles. The van der Waals surface area contributed by atoms with E-state index in [2.05, 4.69) is 25.3 Å². The first-order valence-corrected chi connectivity index (χ1v) is 8.93. The topological polar surface area (TPSA) is 92.5 Å². The van der Waals surface area contributed by atoms with Crippen LogP contribution in [-0.2, 0) is 12.1 Å². The summed E-state index contributed by atoms with van der Waals surface area (Å²) in [6.07, 6.45) is 4.18. The van der Waals surface area contributed by atoms with Gasteiger partial charge in [0.1, 0.15) is 36.2 Å². The maximum atomic E-state index is 14.6. The van der Waals surface area contributed by atoms with E-state index in [9.17, 15) is 13.9 Å². The number of aliphatic hydroxyl groups is 1. The Morgan fingerprint density at radius 1 is 1.13 bits per heavy atom. The molecule has 2 N–H and O–H groups in total. The van der Waals surface area contributed by atoms with Crippen LogP contribution in [0.1, 0.15) is 24.0 Å². The lowest BCUT2D eigenvalue weighted by molar-refractivity contribution is -0.0112. The number of halogens is 3. The number of aromatic nitrogens is 6. The number of aromatic amines is 1. The molecule has 4 aromatic rings. The number of H-pyrrole nitrogens is 1. The molecule has 30 heavy (non-hydrogen) atoms. The SMILES string of the molecule is CC(c1ccc(-c2ncn[nH]2)cc1)C(O)(Cn1cncn1)c1ccc(F)cc1F.Cl. The summed E-state index contributed by atoms with van der Waals surface area (Å²) in [5, 5.41) is 22.3. The summed E-state index contributed by atoms with van der Waals surface area (Å²) in [6, 6.07) is 10.5. The lowest BCUT2D eigenvalue weighted by Gasteiger charge is -2.35. The molecule has 156 valence electrons. The maximum Gasteiger partial charge on any atom is 0.155 e. The van der Waals surface area contributed by atoms with Crippen LogP contribution >= 0.6 is 12.4 Å². The van der Waals surface area contributed by atoms with E-state index in [0.717, 1.165) is 23.3 Å². The van der Waals surface area contributed by atoms with Crippen molar-refractivity contribution in [1.82, 2.24) is 29.9 Å². The first kappa shape index (κ1) is 21.5. The zero-order valence-electron chi connectivity index (χ0n) is 15.9. The predicted molar refractivity (Wildman–Crippen MR) is 108 cm³/mol. The average molecular weight is 433 g/mol. The monoisotopic (exact) mass is 432 g/mol. The van der Waals surface area contributed by atoms with Gasteiger partial charge in [0.15, 0.2) is 5.82 Å². The molecule has 0 aliphatic carbocycles. The molecule has 0 saturated heterocycles. The van der Waals surface area contributed by atoms with Crippen molar-refractivity contribution >= 4 is 12.4 Å². The van der Waals surface area contributed by atoms with Gasteiger partial charge in [-0.05, 0) is 11.6 Å². The number of nitrogens with one attached hydrogen (secondary N) is 1. The van der Waals surface area contributed by atoms with Gasteiger partial charge in [-0.2, -0.15) is 10.2 Å². The highest BCUT2D eigenvalue weighted by atomic mass is 35.5. The molecule has 2 unspecified atom stereocenters. The Balaban J connectivity index is 0.00000256. The molecule has 0 fully saturated rings. The van der Waals surface area contributed by atoms with Crippen molar-refractivity contribution in [2.75, 3.05) is 0 Å². The third-order valence-corrected chi connectivity index (χ3v) is 5.08. The van der Waals surface area contributed by atoms with Crippen LogP contribution in [0.2, 0.25) is 0 Å². The maximum absolute atomic E-state index is 14.6. The number of hydrogen-bond acceptors (Lipinski definition) is 5. The van der Waals surface area contributed by atoms with Gasteiger partial charge in [0, 0.05) is 23.1 Å². The summed E-state index contributed by atoms with van der Waals surface area (Å²) < 4.78 is 29.5. The molecule has 0 amide bonds. The molecule has 10 heteroatoms. The molecule has 2 aromatic heterocycles. The van der Waals surface area contributed by atoms with Gasteiger partial charge in [0.25, 0.3) is 0 Å². The van der Waals surface area contributed by atoms with Gasteiger partial charge in [-0.3, -0.25) is 5.10 Å². The fraction of sp³-hybridized carbons (Fsp3) is 0.200. The van der Waals surface area contributed by atoms with Crippen LogP contribution in [0.4, 0.5) is 8.78 Å². The van der Waals surface area contributed by atoms with E-state index >= 15 is 0 Å². The summed E-state index contributed by atoms with van der Waals surface area (Å²) >= 11 is 0. The van der Waals surface area contributed by atoms with Gasteiger partial charge < -0.3 is 5.11 Å². The second-order valence-electron chi connectivity index (χ2n) is 6.82. The quantitative estimate of drug-likeness (QED) is 0.487. The summed E-state index contributed by atoms with van der Waals surface area (Å²) in [7, 11) is 0. The third-order valence-electron chi connectivity index (χ3n) is 5.08. The van der Waals surface area contributed by atoms with E-state index < -0.39 is 23.2 Å². The van der Waals surface area contributed by atoms with E-state index in [-0.39, 0.29) is 24.5 Å². The molecule has 0 aliphatic heterocycles. The standard InChI is InChI=1S/C20H18F2N6O.ClH/c1-13(14-2-4-15(5-3-14)19-24-11-25-27-19)20(29,9-28-12-23-10-26-28)17-7-6-16(21)8-18(17)22;/h2-8,10-13,29H,9H2,1H3,(H,24,25,27);1H. The highest BCUT2D eigenvalue weighted by molar-refractivity contribution is 5.85. The minimum absolute atomic E-state index is 0. The van der Waals surface area contributed by atoms with Crippen molar-refractivity contribution in [2.45, 2.75) is 25.0 Å². The molecule has 4 rings (SSSR count). The Kier molecular flexibility index (Phi) is 6.23. The molecule has 2 atom stereocenters. The molecule has 0 radical (unpaired) electrons. The first-order valence-electron chi connectivity index (χ1n) is 8.93.